The molecule has 9 heteroatoms. The van der Waals surface area contributed by atoms with Crippen molar-refractivity contribution in [3.05, 3.63) is 86.9 Å². The normalized spacial score (nSPS) is 10.7. The molecule has 2 aromatic heterocycles. The van der Waals surface area contributed by atoms with E-state index in [4.69, 9.17) is 0 Å². The maximum absolute atomic E-state index is 13.2. The van der Waals surface area contributed by atoms with Gasteiger partial charge in [-0.25, -0.2) is 9.36 Å². The molecule has 0 saturated heterocycles. The Hall–Kier alpha value is -3.98. The van der Waals surface area contributed by atoms with Crippen LogP contribution in [0.25, 0.3) is 15.9 Å². The molecule has 0 unspecified atom stereocenters. The summed E-state index contributed by atoms with van der Waals surface area (Å²) in [6, 6.07) is 16.9. The van der Waals surface area contributed by atoms with Gasteiger partial charge in [0.25, 0.3) is 5.56 Å². The van der Waals surface area contributed by atoms with Crippen LogP contribution in [-0.4, -0.2) is 20.9 Å². The van der Waals surface area contributed by atoms with Crippen molar-refractivity contribution in [2.75, 3.05) is 10.6 Å². The maximum Gasteiger partial charge on any atom is 0.336 e. The molecule has 31 heavy (non-hydrogen) atoms. The second-order valence-corrected chi connectivity index (χ2v) is 7.71. The molecule has 0 aliphatic carbocycles. The molecule has 0 fully saturated rings. The van der Waals surface area contributed by atoms with E-state index in [0.717, 1.165) is 4.57 Å². The number of nitrogens with zero attached hydrogens (tertiary/aromatic N) is 2. The van der Waals surface area contributed by atoms with Gasteiger partial charge in [-0.2, -0.15) is 0 Å². The standard InChI is InChI=1S/C22H18N4O4S/c1-14(27)23-15-6-5-7-16(12-15)24-19(28)13-25-18-10-11-31-20(18)21(29)26(22(25)30)17-8-3-2-4-9-17/h2-12H,13H2,1H3,(H,23,27)(H,24,28). The molecular weight excluding hydrogens is 416 g/mol. The first-order chi connectivity index (χ1) is 14.9. The molecule has 2 N–H and O–H groups in total. The molecule has 4 rings (SSSR count). The monoisotopic (exact) mass is 434 g/mol. The minimum absolute atomic E-state index is 0.224. The Labute approximate surface area is 180 Å². The quantitative estimate of drug-likeness (QED) is 0.504. The van der Waals surface area contributed by atoms with E-state index >= 15 is 0 Å². The summed E-state index contributed by atoms with van der Waals surface area (Å²) in [5.41, 5.74) is 0.854. The molecule has 0 aliphatic rings. The Balaban J connectivity index is 1.70. The third-order valence-electron chi connectivity index (χ3n) is 4.54. The fourth-order valence-electron chi connectivity index (χ4n) is 3.27. The fourth-order valence-corrected chi connectivity index (χ4v) is 4.09. The molecule has 0 aliphatic heterocycles. The van der Waals surface area contributed by atoms with E-state index in [1.165, 1.54) is 22.8 Å². The molecule has 0 bridgehead atoms. The number of thiophene rings is 1. The Bertz CT molecular complexity index is 1400. The molecule has 0 atom stereocenters. The van der Waals surface area contributed by atoms with Gasteiger partial charge >= 0.3 is 5.69 Å². The minimum Gasteiger partial charge on any atom is -0.326 e. The highest BCUT2D eigenvalue weighted by atomic mass is 32.1. The number of anilines is 2. The fraction of sp³-hybridized carbons (Fsp3) is 0.0909. The number of aromatic nitrogens is 2. The second kappa shape index (κ2) is 8.41. The molecule has 2 aromatic carbocycles. The zero-order chi connectivity index (χ0) is 22.0. The molecule has 8 nitrogen and oxygen atoms in total. The van der Waals surface area contributed by atoms with Gasteiger partial charge in [0.15, 0.2) is 0 Å². The van der Waals surface area contributed by atoms with Crippen LogP contribution in [0, 0.1) is 0 Å². The number of amides is 2. The van der Waals surface area contributed by atoms with Crippen LogP contribution in [0.4, 0.5) is 11.4 Å². The molecule has 156 valence electrons. The van der Waals surface area contributed by atoms with Crippen LogP contribution in [0.15, 0.2) is 75.6 Å². The van der Waals surface area contributed by atoms with E-state index in [-0.39, 0.29) is 12.5 Å². The highest BCUT2D eigenvalue weighted by Gasteiger charge is 2.17. The SMILES string of the molecule is CC(=O)Nc1cccc(NC(=O)Cn2c(=O)n(-c3ccccc3)c(=O)c3sccc32)c1. The maximum atomic E-state index is 13.2. The van der Waals surface area contributed by atoms with Crippen molar-refractivity contribution in [1.29, 1.82) is 0 Å². The third-order valence-corrected chi connectivity index (χ3v) is 5.43. The van der Waals surface area contributed by atoms with Crippen molar-refractivity contribution >= 4 is 44.7 Å². The number of para-hydroxylation sites is 1. The highest BCUT2D eigenvalue weighted by molar-refractivity contribution is 7.17. The van der Waals surface area contributed by atoms with Gasteiger partial charge in [0, 0.05) is 18.3 Å². The lowest BCUT2D eigenvalue weighted by molar-refractivity contribution is -0.117. The van der Waals surface area contributed by atoms with Gasteiger partial charge in [0.05, 0.1) is 11.2 Å². The second-order valence-electron chi connectivity index (χ2n) is 6.79. The van der Waals surface area contributed by atoms with Gasteiger partial charge < -0.3 is 10.6 Å². The van der Waals surface area contributed by atoms with Crippen molar-refractivity contribution in [3.8, 4) is 5.69 Å². The average Bonchev–Trinajstić information content (AvgIpc) is 3.22. The Morgan fingerprint density at radius 1 is 0.935 bits per heavy atom. The lowest BCUT2D eigenvalue weighted by Gasteiger charge is -2.13. The van der Waals surface area contributed by atoms with E-state index in [9.17, 15) is 19.2 Å². The zero-order valence-electron chi connectivity index (χ0n) is 16.5. The van der Waals surface area contributed by atoms with Crippen LogP contribution in [0.2, 0.25) is 0 Å². The first-order valence-corrected chi connectivity index (χ1v) is 10.3. The predicted molar refractivity (Wildman–Crippen MR) is 121 cm³/mol. The molecule has 0 spiro atoms. The average molecular weight is 434 g/mol. The number of nitrogens with one attached hydrogen (secondary N) is 2. The van der Waals surface area contributed by atoms with E-state index in [0.29, 0.717) is 27.3 Å². The predicted octanol–water partition coefficient (Wildman–Crippen LogP) is 2.81. The van der Waals surface area contributed by atoms with Crippen LogP contribution in [0.1, 0.15) is 6.92 Å². The lowest BCUT2D eigenvalue weighted by atomic mass is 10.2. The summed E-state index contributed by atoms with van der Waals surface area (Å²) >= 11 is 1.22. The summed E-state index contributed by atoms with van der Waals surface area (Å²) in [4.78, 5) is 50.0. The summed E-state index contributed by atoms with van der Waals surface area (Å²) in [6.45, 7) is 1.12. The number of benzene rings is 2. The molecular formula is C22H18N4O4S. The zero-order valence-corrected chi connectivity index (χ0v) is 17.3. The van der Waals surface area contributed by atoms with E-state index in [1.54, 1.807) is 66.0 Å². The Kier molecular flexibility index (Phi) is 5.50. The van der Waals surface area contributed by atoms with Gasteiger partial charge in [-0.3, -0.25) is 19.0 Å². The lowest BCUT2D eigenvalue weighted by Crippen LogP contribution is -2.40. The van der Waals surface area contributed by atoms with Crippen LogP contribution >= 0.6 is 11.3 Å². The van der Waals surface area contributed by atoms with Gasteiger partial charge in [-0.1, -0.05) is 24.3 Å². The molecule has 0 radical (unpaired) electrons. The smallest absolute Gasteiger partial charge is 0.326 e. The van der Waals surface area contributed by atoms with Crippen LogP contribution in [-0.2, 0) is 16.1 Å². The Morgan fingerprint density at radius 3 is 2.35 bits per heavy atom. The van der Waals surface area contributed by atoms with Gasteiger partial charge in [0.1, 0.15) is 11.2 Å². The van der Waals surface area contributed by atoms with Crippen molar-refractivity contribution in [2.45, 2.75) is 13.5 Å². The first-order valence-electron chi connectivity index (χ1n) is 9.40. The van der Waals surface area contributed by atoms with E-state index in [1.807, 2.05) is 0 Å². The number of fused-ring (bicyclic) bond motifs is 1. The first kappa shape index (κ1) is 20.3. The van der Waals surface area contributed by atoms with E-state index in [2.05, 4.69) is 10.6 Å². The van der Waals surface area contributed by atoms with Crippen molar-refractivity contribution in [1.82, 2.24) is 9.13 Å². The molecule has 2 heterocycles. The summed E-state index contributed by atoms with van der Waals surface area (Å²) in [7, 11) is 0. The van der Waals surface area contributed by atoms with E-state index < -0.39 is 17.2 Å². The Morgan fingerprint density at radius 2 is 1.65 bits per heavy atom. The van der Waals surface area contributed by atoms with Crippen LogP contribution in [0.3, 0.4) is 0 Å². The van der Waals surface area contributed by atoms with Gasteiger partial charge in [-0.05, 0) is 41.8 Å². The van der Waals surface area contributed by atoms with Crippen molar-refractivity contribution in [3.63, 3.8) is 0 Å². The third kappa shape index (κ3) is 4.17. The van der Waals surface area contributed by atoms with Gasteiger partial charge in [-0.15, -0.1) is 11.3 Å². The van der Waals surface area contributed by atoms with Crippen molar-refractivity contribution in [2.24, 2.45) is 0 Å². The molecule has 4 aromatic rings. The molecule has 2 amide bonds. The minimum atomic E-state index is -0.593. The summed E-state index contributed by atoms with van der Waals surface area (Å²) in [6.07, 6.45) is 0. The van der Waals surface area contributed by atoms with Gasteiger partial charge in [0.2, 0.25) is 11.8 Å². The summed E-state index contributed by atoms with van der Waals surface area (Å²) < 4.78 is 2.75. The van der Waals surface area contributed by atoms with Crippen molar-refractivity contribution < 1.29 is 9.59 Å². The molecule has 0 saturated carbocycles. The topological polar surface area (TPSA) is 102 Å². The number of hydrogen-bond donors (Lipinski definition) is 2. The van der Waals surface area contributed by atoms with Crippen LogP contribution in [0.5, 0.6) is 0 Å². The number of rotatable bonds is 5. The highest BCUT2D eigenvalue weighted by Crippen LogP contribution is 2.18. The summed E-state index contributed by atoms with van der Waals surface area (Å²) in [5.74, 6) is -0.661. The van der Waals surface area contributed by atoms with Crippen LogP contribution < -0.4 is 21.9 Å². The number of hydrogen-bond acceptors (Lipinski definition) is 5. The largest absolute Gasteiger partial charge is 0.336 e. The number of carbonyl (C=O) groups is 2. The number of carbonyl (C=O) groups excluding carboxylic acids is 2. The summed E-state index contributed by atoms with van der Waals surface area (Å²) in [5, 5.41) is 7.09.